The molecule has 3 aromatic rings. The van der Waals surface area contributed by atoms with Gasteiger partial charge in [0.15, 0.2) is 5.13 Å². The van der Waals surface area contributed by atoms with E-state index in [1.807, 2.05) is 43.6 Å². The maximum Gasteiger partial charge on any atom is 0.182 e. The van der Waals surface area contributed by atoms with Gasteiger partial charge < -0.3 is 5.32 Å². The van der Waals surface area contributed by atoms with Gasteiger partial charge in [-0.05, 0) is 31.2 Å². The molecular formula is C14H12ClN3S. The number of hydrogen-bond donors (Lipinski definition) is 1. The van der Waals surface area contributed by atoms with E-state index in [1.54, 1.807) is 11.3 Å². The zero-order valence-electron chi connectivity index (χ0n) is 10.6. The highest BCUT2D eigenvalue weighted by atomic mass is 35.5. The normalized spacial score (nSPS) is 10.9. The predicted molar refractivity (Wildman–Crippen MR) is 82.1 cm³/mol. The standard InChI is InChI=1S/C14H12ClN3S/c1-8-5-10(13-7-19-14(16-2)18-13)11-6-9(15)3-4-12(11)17-8/h3-7H,1-2H3,(H,16,18). The van der Waals surface area contributed by atoms with Gasteiger partial charge in [0, 0.05) is 34.1 Å². The molecule has 1 N–H and O–H groups in total. The number of aryl methyl sites for hydroxylation is 1. The molecule has 0 bridgehead atoms. The van der Waals surface area contributed by atoms with Crippen LogP contribution in [0.2, 0.25) is 5.02 Å². The molecule has 3 nitrogen and oxygen atoms in total. The van der Waals surface area contributed by atoms with Crippen LogP contribution in [0.15, 0.2) is 29.6 Å². The average Bonchev–Trinajstić information content (AvgIpc) is 2.87. The summed E-state index contributed by atoms with van der Waals surface area (Å²) in [5.74, 6) is 0. The number of anilines is 1. The quantitative estimate of drug-likeness (QED) is 0.761. The molecule has 0 saturated heterocycles. The highest BCUT2D eigenvalue weighted by Crippen LogP contribution is 2.32. The van der Waals surface area contributed by atoms with Crippen molar-refractivity contribution in [3.63, 3.8) is 0 Å². The predicted octanol–water partition coefficient (Wildman–Crippen LogP) is 4.36. The summed E-state index contributed by atoms with van der Waals surface area (Å²) in [5, 5.41) is 7.75. The smallest absolute Gasteiger partial charge is 0.182 e. The summed E-state index contributed by atoms with van der Waals surface area (Å²) >= 11 is 7.68. The van der Waals surface area contributed by atoms with Gasteiger partial charge in [-0.1, -0.05) is 11.6 Å². The van der Waals surface area contributed by atoms with Gasteiger partial charge in [0.1, 0.15) is 0 Å². The number of rotatable bonds is 2. The van der Waals surface area contributed by atoms with Gasteiger partial charge in [-0.2, -0.15) is 0 Å². The molecule has 96 valence electrons. The Bertz CT molecular complexity index is 752. The van der Waals surface area contributed by atoms with Crippen LogP contribution in [0.1, 0.15) is 5.69 Å². The first-order valence-corrected chi connectivity index (χ1v) is 7.13. The Hall–Kier alpha value is -1.65. The molecule has 0 aliphatic carbocycles. The van der Waals surface area contributed by atoms with Crippen LogP contribution in [0.5, 0.6) is 0 Å². The van der Waals surface area contributed by atoms with Crippen molar-refractivity contribution in [3.8, 4) is 11.3 Å². The Morgan fingerprint density at radius 3 is 2.79 bits per heavy atom. The fourth-order valence-corrected chi connectivity index (χ4v) is 2.90. The Labute approximate surface area is 120 Å². The van der Waals surface area contributed by atoms with E-state index >= 15 is 0 Å². The van der Waals surface area contributed by atoms with E-state index in [4.69, 9.17) is 11.6 Å². The van der Waals surface area contributed by atoms with Crippen molar-refractivity contribution in [2.75, 3.05) is 12.4 Å². The Morgan fingerprint density at radius 2 is 2.05 bits per heavy atom. The van der Waals surface area contributed by atoms with E-state index in [2.05, 4.69) is 15.3 Å². The van der Waals surface area contributed by atoms with Crippen molar-refractivity contribution in [1.29, 1.82) is 0 Å². The number of halogens is 1. The van der Waals surface area contributed by atoms with Crippen LogP contribution in [-0.2, 0) is 0 Å². The first kappa shape index (κ1) is 12.4. The molecule has 2 heterocycles. The second-order valence-corrected chi connectivity index (χ2v) is 5.56. The molecule has 0 aliphatic heterocycles. The van der Waals surface area contributed by atoms with E-state index in [1.165, 1.54) is 0 Å². The van der Waals surface area contributed by atoms with Gasteiger partial charge >= 0.3 is 0 Å². The lowest BCUT2D eigenvalue weighted by molar-refractivity contribution is 1.25. The number of nitrogens with zero attached hydrogens (tertiary/aromatic N) is 2. The van der Waals surface area contributed by atoms with Crippen LogP contribution < -0.4 is 5.32 Å². The lowest BCUT2D eigenvalue weighted by atomic mass is 10.1. The van der Waals surface area contributed by atoms with Gasteiger partial charge in [-0.15, -0.1) is 11.3 Å². The third kappa shape index (κ3) is 2.29. The monoisotopic (exact) mass is 289 g/mol. The van der Waals surface area contributed by atoms with Crippen LogP contribution in [0, 0.1) is 6.92 Å². The highest BCUT2D eigenvalue weighted by Gasteiger charge is 2.10. The number of nitrogens with one attached hydrogen (secondary N) is 1. The minimum atomic E-state index is 0.712. The minimum Gasteiger partial charge on any atom is -0.365 e. The summed E-state index contributed by atoms with van der Waals surface area (Å²) in [6, 6.07) is 7.80. The molecule has 0 atom stereocenters. The Balaban J connectivity index is 2.29. The van der Waals surface area contributed by atoms with Crippen molar-refractivity contribution in [1.82, 2.24) is 9.97 Å². The van der Waals surface area contributed by atoms with Gasteiger partial charge in [0.25, 0.3) is 0 Å². The molecule has 1 aromatic carbocycles. The van der Waals surface area contributed by atoms with Crippen LogP contribution in [0.25, 0.3) is 22.2 Å². The maximum atomic E-state index is 6.09. The second-order valence-electron chi connectivity index (χ2n) is 4.26. The van der Waals surface area contributed by atoms with Crippen molar-refractivity contribution >= 4 is 39.0 Å². The average molecular weight is 290 g/mol. The molecule has 0 spiro atoms. The van der Waals surface area contributed by atoms with Crippen LogP contribution >= 0.6 is 22.9 Å². The molecule has 3 rings (SSSR count). The number of aromatic nitrogens is 2. The fourth-order valence-electron chi connectivity index (χ4n) is 2.05. The van der Waals surface area contributed by atoms with Crippen molar-refractivity contribution in [2.24, 2.45) is 0 Å². The SMILES string of the molecule is CNc1nc(-c2cc(C)nc3ccc(Cl)cc23)cs1. The molecule has 0 aliphatic rings. The van der Waals surface area contributed by atoms with E-state index in [9.17, 15) is 0 Å². The number of fused-ring (bicyclic) bond motifs is 1. The molecular weight excluding hydrogens is 278 g/mol. The number of benzene rings is 1. The van der Waals surface area contributed by atoms with Crippen LogP contribution in [-0.4, -0.2) is 17.0 Å². The van der Waals surface area contributed by atoms with E-state index in [0.717, 1.165) is 33.0 Å². The molecule has 5 heteroatoms. The summed E-state index contributed by atoms with van der Waals surface area (Å²) in [6.07, 6.45) is 0. The summed E-state index contributed by atoms with van der Waals surface area (Å²) in [6.45, 7) is 1.99. The van der Waals surface area contributed by atoms with Gasteiger partial charge in [0.2, 0.25) is 0 Å². The van der Waals surface area contributed by atoms with E-state index in [-0.39, 0.29) is 0 Å². The number of pyridine rings is 1. The highest BCUT2D eigenvalue weighted by molar-refractivity contribution is 7.14. The van der Waals surface area contributed by atoms with Gasteiger partial charge in [-0.3, -0.25) is 4.98 Å². The zero-order chi connectivity index (χ0) is 13.4. The largest absolute Gasteiger partial charge is 0.365 e. The number of thiazole rings is 1. The van der Waals surface area contributed by atoms with E-state index in [0.29, 0.717) is 5.02 Å². The second kappa shape index (κ2) is 4.79. The lowest BCUT2D eigenvalue weighted by Gasteiger charge is -2.06. The van der Waals surface area contributed by atoms with E-state index < -0.39 is 0 Å². The topological polar surface area (TPSA) is 37.8 Å². The van der Waals surface area contributed by atoms with Crippen LogP contribution in [0.3, 0.4) is 0 Å². The molecule has 2 aromatic heterocycles. The lowest BCUT2D eigenvalue weighted by Crippen LogP contribution is -1.90. The summed E-state index contributed by atoms with van der Waals surface area (Å²) in [7, 11) is 1.87. The summed E-state index contributed by atoms with van der Waals surface area (Å²) in [4.78, 5) is 9.09. The van der Waals surface area contributed by atoms with Gasteiger partial charge in [-0.25, -0.2) is 4.98 Å². The third-order valence-electron chi connectivity index (χ3n) is 2.89. The molecule has 19 heavy (non-hydrogen) atoms. The number of hydrogen-bond acceptors (Lipinski definition) is 4. The fraction of sp³-hybridized carbons (Fsp3) is 0.143. The first-order chi connectivity index (χ1) is 9.17. The zero-order valence-corrected chi connectivity index (χ0v) is 12.1. The van der Waals surface area contributed by atoms with Gasteiger partial charge in [0.05, 0.1) is 11.2 Å². The van der Waals surface area contributed by atoms with Crippen LogP contribution in [0.4, 0.5) is 5.13 Å². The maximum absolute atomic E-state index is 6.09. The van der Waals surface area contributed by atoms with Crippen molar-refractivity contribution in [2.45, 2.75) is 6.92 Å². The molecule has 0 radical (unpaired) electrons. The third-order valence-corrected chi connectivity index (χ3v) is 3.99. The summed E-state index contributed by atoms with van der Waals surface area (Å²) in [5.41, 5.74) is 3.94. The Kier molecular flexibility index (Phi) is 3.12. The molecule has 0 fully saturated rings. The van der Waals surface area contributed by atoms with Crippen molar-refractivity contribution < 1.29 is 0 Å². The van der Waals surface area contributed by atoms with Crippen molar-refractivity contribution in [3.05, 3.63) is 40.4 Å². The molecule has 0 unspecified atom stereocenters. The first-order valence-electron chi connectivity index (χ1n) is 5.88. The minimum absolute atomic E-state index is 0.712. The summed E-state index contributed by atoms with van der Waals surface area (Å²) < 4.78 is 0. The molecule has 0 amide bonds. The Morgan fingerprint density at radius 1 is 1.21 bits per heavy atom. The molecule has 0 saturated carbocycles.